The Bertz CT molecular complexity index is 427. The average molecular weight is 252 g/mol. The molecule has 5 nitrogen and oxygen atoms in total. The molecule has 0 spiro atoms. The molecule has 2 N–H and O–H groups in total. The van der Waals surface area contributed by atoms with Gasteiger partial charge < -0.3 is 14.9 Å². The number of aliphatic hydroxyl groups excluding tert-OH is 1. The van der Waals surface area contributed by atoms with E-state index < -0.39 is 18.0 Å². The number of benzene rings is 1. The summed E-state index contributed by atoms with van der Waals surface area (Å²) in [6, 6.07) is 5.99. The monoisotopic (exact) mass is 252 g/mol. The smallest absolute Gasteiger partial charge is 0.338 e. The SMILES string of the molecule is CCCCOC(=O)c1ccccc1C(O)C(=O)O. The van der Waals surface area contributed by atoms with Crippen LogP contribution in [0, 0.1) is 0 Å². The fourth-order valence-corrected chi connectivity index (χ4v) is 1.44. The number of hydrogen-bond donors (Lipinski definition) is 2. The number of aliphatic carboxylic acids is 1. The van der Waals surface area contributed by atoms with Crippen LogP contribution in [0.2, 0.25) is 0 Å². The van der Waals surface area contributed by atoms with Gasteiger partial charge in [-0.05, 0) is 12.5 Å². The van der Waals surface area contributed by atoms with Crippen molar-refractivity contribution in [3.8, 4) is 0 Å². The molecule has 0 radical (unpaired) electrons. The third kappa shape index (κ3) is 3.56. The summed E-state index contributed by atoms with van der Waals surface area (Å²) < 4.78 is 5.00. The van der Waals surface area contributed by atoms with Gasteiger partial charge in [0.15, 0.2) is 6.10 Å². The van der Waals surface area contributed by atoms with Crippen molar-refractivity contribution < 1.29 is 24.5 Å². The molecule has 0 aliphatic heterocycles. The molecule has 0 saturated heterocycles. The van der Waals surface area contributed by atoms with Crippen LogP contribution in [0.4, 0.5) is 0 Å². The Morgan fingerprint density at radius 2 is 2.00 bits per heavy atom. The normalized spacial score (nSPS) is 11.9. The minimum absolute atomic E-state index is 0.0477. The van der Waals surface area contributed by atoms with Gasteiger partial charge in [0.2, 0.25) is 0 Å². The van der Waals surface area contributed by atoms with E-state index in [9.17, 15) is 14.7 Å². The summed E-state index contributed by atoms with van der Waals surface area (Å²) in [5, 5.41) is 18.2. The fraction of sp³-hybridized carbons (Fsp3) is 0.385. The number of carboxylic acids is 1. The van der Waals surface area contributed by atoms with Crippen LogP contribution in [0.15, 0.2) is 24.3 Å². The van der Waals surface area contributed by atoms with E-state index in [-0.39, 0.29) is 17.7 Å². The Balaban J connectivity index is 2.88. The van der Waals surface area contributed by atoms with Crippen molar-refractivity contribution in [2.75, 3.05) is 6.61 Å². The summed E-state index contributed by atoms with van der Waals surface area (Å²) >= 11 is 0. The molecule has 1 atom stereocenters. The molecule has 1 unspecified atom stereocenters. The number of ether oxygens (including phenoxy) is 1. The third-order valence-corrected chi connectivity index (χ3v) is 2.44. The van der Waals surface area contributed by atoms with Gasteiger partial charge in [-0.15, -0.1) is 0 Å². The van der Waals surface area contributed by atoms with Crippen molar-refractivity contribution in [3.05, 3.63) is 35.4 Å². The minimum Gasteiger partial charge on any atom is -0.479 e. The highest BCUT2D eigenvalue weighted by Crippen LogP contribution is 2.19. The maximum Gasteiger partial charge on any atom is 0.338 e. The highest BCUT2D eigenvalue weighted by molar-refractivity contribution is 5.93. The number of carbonyl (C=O) groups is 2. The second-order valence-electron chi connectivity index (χ2n) is 3.82. The van der Waals surface area contributed by atoms with Crippen LogP contribution in [0.5, 0.6) is 0 Å². The highest BCUT2D eigenvalue weighted by Gasteiger charge is 2.22. The highest BCUT2D eigenvalue weighted by atomic mass is 16.5. The number of hydrogen-bond acceptors (Lipinski definition) is 4. The molecule has 0 fully saturated rings. The van der Waals surface area contributed by atoms with Crippen molar-refractivity contribution >= 4 is 11.9 Å². The predicted octanol–water partition coefficient (Wildman–Crippen LogP) is 1.76. The van der Waals surface area contributed by atoms with Gasteiger partial charge in [0.25, 0.3) is 0 Å². The van der Waals surface area contributed by atoms with E-state index in [4.69, 9.17) is 9.84 Å². The van der Waals surface area contributed by atoms with Crippen LogP contribution in [-0.4, -0.2) is 28.8 Å². The lowest BCUT2D eigenvalue weighted by atomic mass is 10.0. The summed E-state index contributed by atoms with van der Waals surface area (Å²) in [4.78, 5) is 22.5. The molecule has 5 heteroatoms. The van der Waals surface area contributed by atoms with Crippen molar-refractivity contribution in [2.45, 2.75) is 25.9 Å². The topological polar surface area (TPSA) is 83.8 Å². The number of unbranched alkanes of at least 4 members (excludes halogenated alkanes) is 1. The molecule has 0 saturated carbocycles. The van der Waals surface area contributed by atoms with Crippen molar-refractivity contribution in [1.82, 2.24) is 0 Å². The minimum atomic E-state index is -1.72. The summed E-state index contributed by atoms with van der Waals surface area (Å²) in [6.07, 6.45) is -0.0814. The Hall–Kier alpha value is -1.88. The molecular weight excluding hydrogens is 236 g/mol. The van der Waals surface area contributed by atoms with Crippen LogP contribution >= 0.6 is 0 Å². The number of carbonyl (C=O) groups excluding carboxylic acids is 1. The fourth-order valence-electron chi connectivity index (χ4n) is 1.44. The quantitative estimate of drug-likeness (QED) is 0.595. The second-order valence-corrected chi connectivity index (χ2v) is 3.82. The van der Waals surface area contributed by atoms with Gasteiger partial charge in [-0.3, -0.25) is 0 Å². The number of aliphatic hydroxyl groups is 1. The lowest BCUT2D eigenvalue weighted by Gasteiger charge is -2.11. The van der Waals surface area contributed by atoms with E-state index in [0.717, 1.165) is 12.8 Å². The molecule has 18 heavy (non-hydrogen) atoms. The summed E-state index contributed by atoms with van der Waals surface area (Å²) in [5.74, 6) is -2.01. The van der Waals surface area contributed by atoms with Gasteiger partial charge in [-0.1, -0.05) is 31.5 Å². The van der Waals surface area contributed by atoms with E-state index in [1.165, 1.54) is 12.1 Å². The van der Waals surface area contributed by atoms with E-state index in [1.807, 2.05) is 6.92 Å². The first kappa shape index (κ1) is 14.2. The lowest BCUT2D eigenvalue weighted by molar-refractivity contribution is -0.146. The predicted molar refractivity (Wildman–Crippen MR) is 64.2 cm³/mol. The van der Waals surface area contributed by atoms with Gasteiger partial charge in [0.05, 0.1) is 12.2 Å². The van der Waals surface area contributed by atoms with Gasteiger partial charge in [0.1, 0.15) is 0 Å². The van der Waals surface area contributed by atoms with Crippen molar-refractivity contribution in [1.29, 1.82) is 0 Å². The molecule has 1 aromatic rings. The zero-order valence-electron chi connectivity index (χ0n) is 10.1. The van der Waals surface area contributed by atoms with E-state index in [2.05, 4.69) is 0 Å². The van der Waals surface area contributed by atoms with Crippen molar-refractivity contribution in [2.24, 2.45) is 0 Å². The van der Waals surface area contributed by atoms with Crippen LogP contribution in [-0.2, 0) is 9.53 Å². The Morgan fingerprint density at radius 3 is 2.61 bits per heavy atom. The molecule has 0 aliphatic carbocycles. The lowest BCUT2D eigenvalue weighted by Crippen LogP contribution is -2.16. The summed E-state index contributed by atoms with van der Waals surface area (Å²) in [5.41, 5.74) is 0.134. The standard InChI is InChI=1S/C13H16O5/c1-2-3-8-18-13(17)10-7-5-4-6-9(10)11(14)12(15)16/h4-7,11,14H,2-3,8H2,1H3,(H,15,16). The number of rotatable bonds is 6. The molecule has 0 heterocycles. The van der Waals surface area contributed by atoms with Gasteiger partial charge in [-0.25, -0.2) is 9.59 Å². The first-order valence-electron chi connectivity index (χ1n) is 5.74. The van der Waals surface area contributed by atoms with Gasteiger partial charge in [-0.2, -0.15) is 0 Å². The molecule has 0 amide bonds. The maximum atomic E-state index is 11.7. The first-order valence-corrected chi connectivity index (χ1v) is 5.74. The van der Waals surface area contributed by atoms with Crippen LogP contribution in [0.25, 0.3) is 0 Å². The molecule has 0 aliphatic rings. The molecule has 1 rings (SSSR count). The summed E-state index contributed by atoms with van der Waals surface area (Å²) in [6.45, 7) is 2.25. The Morgan fingerprint density at radius 1 is 1.33 bits per heavy atom. The molecule has 0 aromatic heterocycles. The molecule has 1 aromatic carbocycles. The third-order valence-electron chi connectivity index (χ3n) is 2.44. The van der Waals surface area contributed by atoms with Crippen LogP contribution in [0.1, 0.15) is 41.8 Å². The zero-order valence-corrected chi connectivity index (χ0v) is 10.1. The van der Waals surface area contributed by atoms with Crippen LogP contribution < -0.4 is 0 Å². The zero-order chi connectivity index (χ0) is 13.5. The van der Waals surface area contributed by atoms with E-state index >= 15 is 0 Å². The van der Waals surface area contributed by atoms with E-state index in [0.29, 0.717) is 0 Å². The second kappa shape index (κ2) is 6.76. The average Bonchev–Trinajstić information content (AvgIpc) is 2.38. The largest absolute Gasteiger partial charge is 0.479 e. The van der Waals surface area contributed by atoms with Crippen LogP contribution in [0.3, 0.4) is 0 Å². The maximum absolute atomic E-state index is 11.7. The number of esters is 1. The Kier molecular flexibility index (Phi) is 5.32. The number of carboxylic acid groups (broad SMARTS) is 1. The molecular formula is C13H16O5. The molecule has 0 bridgehead atoms. The van der Waals surface area contributed by atoms with E-state index in [1.54, 1.807) is 12.1 Å². The first-order chi connectivity index (χ1) is 8.57. The Labute approximate surface area is 105 Å². The molecule has 98 valence electrons. The van der Waals surface area contributed by atoms with Gasteiger partial charge >= 0.3 is 11.9 Å². The summed E-state index contributed by atoms with van der Waals surface area (Å²) in [7, 11) is 0. The van der Waals surface area contributed by atoms with Gasteiger partial charge in [0, 0.05) is 5.56 Å². The van der Waals surface area contributed by atoms with Crippen molar-refractivity contribution in [3.63, 3.8) is 0 Å².